The van der Waals surface area contributed by atoms with E-state index in [4.69, 9.17) is 40.2 Å². The van der Waals surface area contributed by atoms with Crippen molar-refractivity contribution in [1.82, 2.24) is 5.32 Å². The zero-order chi connectivity index (χ0) is 21.7. The van der Waals surface area contributed by atoms with Gasteiger partial charge in [-0.15, -0.1) is 0 Å². The molecular weight excluding hydrogens is 441 g/mol. The number of ether oxygens (including phenoxy) is 1. The molecule has 30 heavy (non-hydrogen) atoms. The van der Waals surface area contributed by atoms with Crippen LogP contribution in [0.1, 0.15) is 26.7 Å². The number of carbonyl (C=O) groups excluding carboxylic acids is 1. The summed E-state index contributed by atoms with van der Waals surface area (Å²) in [6.45, 7) is 5.93. The molecule has 1 atom stereocenters. The van der Waals surface area contributed by atoms with Crippen LogP contribution in [0.4, 0.5) is 11.4 Å². The zero-order valence-electron chi connectivity index (χ0n) is 17.0. The summed E-state index contributed by atoms with van der Waals surface area (Å²) >= 11 is 17.4. The molecule has 8 heteroatoms. The molecule has 0 aromatic heterocycles. The molecule has 1 saturated heterocycles. The number of halogens is 2. The minimum atomic E-state index is -0.790. The number of rotatable bonds is 5. The van der Waals surface area contributed by atoms with Gasteiger partial charge in [0, 0.05) is 18.1 Å². The summed E-state index contributed by atoms with van der Waals surface area (Å²) in [7, 11) is 0. The van der Waals surface area contributed by atoms with Gasteiger partial charge in [-0.1, -0.05) is 42.3 Å². The Morgan fingerprint density at radius 1 is 1.20 bits per heavy atom. The van der Waals surface area contributed by atoms with Crippen molar-refractivity contribution in [2.24, 2.45) is 5.92 Å². The lowest BCUT2D eigenvalue weighted by Gasteiger charge is -2.33. The molecule has 3 rings (SSSR count). The van der Waals surface area contributed by atoms with Gasteiger partial charge in [-0.3, -0.25) is 10.1 Å². The zero-order valence-corrected chi connectivity index (χ0v) is 19.3. The van der Waals surface area contributed by atoms with Crippen molar-refractivity contribution in [3.63, 3.8) is 0 Å². The number of thiocarbonyl (C=S) groups is 1. The van der Waals surface area contributed by atoms with Crippen LogP contribution in [0.3, 0.4) is 0 Å². The molecule has 0 aliphatic carbocycles. The second-order valence-electron chi connectivity index (χ2n) is 7.46. The molecule has 2 N–H and O–H groups in total. The van der Waals surface area contributed by atoms with Crippen molar-refractivity contribution < 1.29 is 9.53 Å². The number of hydrogen-bond donors (Lipinski definition) is 2. The van der Waals surface area contributed by atoms with E-state index in [2.05, 4.69) is 28.5 Å². The van der Waals surface area contributed by atoms with Crippen LogP contribution in [-0.2, 0) is 4.79 Å². The van der Waals surface area contributed by atoms with Crippen LogP contribution in [0.5, 0.6) is 5.75 Å². The van der Waals surface area contributed by atoms with E-state index in [9.17, 15) is 4.79 Å². The van der Waals surface area contributed by atoms with Crippen molar-refractivity contribution >= 4 is 57.8 Å². The normalized spacial score (nSPS) is 15.4. The molecule has 1 aliphatic heterocycles. The third-order valence-electron chi connectivity index (χ3n) is 5.08. The molecule has 1 aliphatic rings. The lowest BCUT2D eigenvalue weighted by Crippen LogP contribution is -2.42. The molecule has 0 saturated carbocycles. The number of nitrogens with one attached hydrogen (secondary N) is 2. The van der Waals surface area contributed by atoms with Gasteiger partial charge < -0.3 is 15.0 Å². The molecule has 0 radical (unpaired) electrons. The number of carbonyl (C=O) groups is 1. The Labute approximate surface area is 192 Å². The standard InChI is InChI=1S/C22H25Cl2N3O2S/c1-14-9-11-27(12-10-14)19-6-4-3-5-18(19)25-22(30)26-21(28)15(2)29-20-8-7-16(23)13-17(20)24/h3-8,13-15H,9-12H2,1-2H3,(H2,25,26,28,30). The quantitative estimate of drug-likeness (QED) is 0.570. The van der Waals surface area contributed by atoms with Gasteiger partial charge in [-0.05, 0) is 68.2 Å². The Bertz CT molecular complexity index is 917. The Balaban J connectivity index is 1.59. The first-order valence-electron chi connectivity index (χ1n) is 9.91. The van der Waals surface area contributed by atoms with Gasteiger partial charge in [0.1, 0.15) is 5.75 Å². The Hall–Kier alpha value is -2.02. The Morgan fingerprint density at radius 2 is 1.90 bits per heavy atom. The molecule has 160 valence electrons. The molecule has 1 fully saturated rings. The van der Waals surface area contributed by atoms with Gasteiger partial charge in [-0.2, -0.15) is 0 Å². The Morgan fingerprint density at radius 3 is 2.60 bits per heavy atom. The van der Waals surface area contributed by atoms with Gasteiger partial charge in [0.25, 0.3) is 5.91 Å². The van der Waals surface area contributed by atoms with Gasteiger partial charge in [0.05, 0.1) is 16.4 Å². The SMILES string of the molecule is CC1CCN(c2ccccc2NC(=S)NC(=O)C(C)Oc2ccc(Cl)cc2Cl)CC1. The van der Waals surface area contributed by atoms with E-state index in [0.29, 0.717) is 15.8 Å². The maximum atomic E-state index is 12.5. The summed E-state index contributed by atoms with van der Waals surface area (Å²) in [6.07, 6.45) is 1.54. The molecule has 2 aromatic rings. The van der Waals surface area contributed by atoms with Crippen LogP contribution >= 0.6 is 35.4 Å². The third-order valence-corrected chi connectivity index (χ3v) is 5.81. The predicted molar refractivity (Wildman–Crippen MR) is 128 cm³/mol. The number of para-hydroxylation sites is 2. The summed E-state index contributed by atoms with van der Waals surface area (Å²) < 4.78 is 5.64. The third kappa shape index (κ3) is 6.00. The first-order valence-corrected chi connectivity index (χ1v) is 11.1. The number of benzene rings is 2. The molecule has 5 nitrogen and oxygen atoms in total. The second-order valence-corrected chi connectivity index (χ2v) is 8.72. The fourth-order valence-electron chi connectivity index (χ4n) is 3.29. The van der Waals surface area contributed by atoms with Crippen molar-refractivity contribution in [2.45, 2.75) is 32.8 Å². The number of hydrogen-bond acceptors (Lipinski definition) is 4. The minimum Gasteiger partial charge on any atom is -0.479 e. The van der Waals surface area contributed by atoms with Crippen molar-refractivity contribution in [2.75, 3.05) is 23.3 Å². The number of anilines is 2. The van der Waals surface area contributed by atoms with Crippen LogP contribution in [0.15, 0.2) is 42.5 Å². The van der Waals surface area contributed by atoms with E-state index in [-0.39, 0.29) is 11.0 Å². The molecular formula is C22H25Cl2N3O2S. The van der Waals surface area contributed by atoms with Crippen molar-refractivity contribution in [3.05, 3.63) is 52.5 Å². The van der Waals surface area contributed by atoms with Crippen LogP contribution < -0.4 is 20.3 Å². The summed E-state index contributed by atoms with van der Waals surface area (Å²) in [4.78, 5) is 14.9. The largest absolute Gasteiger partial charge is 0.479 e. The summed E-state index contributed by atoms with van der Waals surface area (Å²) in [5.41, 5.74) is 1.95. The number of amides is 1. The summed E-state index contributed by atoms with van der Waals surface area (Å²) in [5, 5.41) is 6.89. The highest BCUT2D eigenvalue weighted by Gasteiger charge is 2.20. The molecule has 1 amide bonds. The van der Waals surface area contributed by atoms with Gasteiger partial charge in [0.2, 0.25) is 0 Å². The van der Waals surface area contributed by atoms with E-state index in [1.54, 1.807) is 25.1 Å². The van der Waals surface area contributed by atoms with E-state index < -0.39 is 6.10 Å². The molecule has 2 aromatic carbocycles. The number of nitrogens with zero attached hydrogens (tertiary/aromatic N) is 1. The van der Waals surface area contributed by atoms with E-state index in [1.165, 1.54) is 0 Å². The first-order chi connectivity index (χ1) is 14.3. The van der Waals surface area contributed by atoms with E-state index in [1.807, 2.05) is 18.2 Å². The van der Waals surface area contributed by atoms with Gasteiger partial charge in [-0.25, -0.2) is 0 Å². The highest BCUT2D eigenvalue weighted by molar-refractivity contribution is 7.80. The highest BCUT2D eigenvalue weighted by Crippen LogP contribution is 2.30. The van der Waals surface area contributed by atoms with E-state index >= 15 is 0 Å². The van der Waals surface area contributed by atoms with Crippen molar-refractivity contribution in [3.8, 4) is 5.75 Å². The number of piperidine rings is 1. The highest BCUT2D eigenvalue weighted by atomic mass is 35.5. The van der Waals surface area contributed by atoms with Crippen molar-refractivity contribution in [1.29, 1.82) is 0 Å². The fourth-order valence-corrected chi connectivity index (χ4v) is 3.95. The lowest BCUT2D eigenvalue weighted by atomic mass is 9.98. The Kier molecular flexibility index (Phi) is 7.81. The van der Waals surface area contributed by atoms with E-state index in [0.717, 1.165) is 43.2 Å². The second kappa shape index (κ2) is 10.3. The van der Waals surface area contributed by atoms with Crippen LogP contribution in [0, 0.1) is 5.92 Å². The topological polar surface area (TPSA) is 53.6 Å². The van der Waals surface area contributed by atoms with Crippen LogP contribution in [0.25, 0.3) is 0 Å². The maximum Gasteiger partial charge on any atom is 0.266 e. The van der Waals surface area contributed by atoms with Gasteiger partial charge >= 0.3 is 0 Å². The summed E-state index contributed by atoms with van der Waals surface area (Å²) in [5.74, 6) is 0.757. The molecule has 0 spiro atoms. The average molecular weight is 466 g/mol. The average Bonchev–Trinajstić information content (AvgIpc) is 2.71. The first kappa shape index (κ1) is 22.7. The predicted octanol–water partition coefficient (Wildman–Crippen LogP) is 5.51. The van der Waals surface area contributed by atoms with Gasteiger partial charge in [0.15, 0.2) is 11.2 Å². The summed E-state index contributed by atoms with van der Waals surface area (Å²) in [6, 6.07) is 12.8. The molecule has 1 heterocycles. The maximum absolute atomic E-state index is 12.5. The molecule has 1 unspecified atom stereocenters. The minimum absolute atomic E-state index is 0.218. The fraction of sp³-hybridized carbons (Fsp3) is 0.364. The smallest absolute Gasteiger partial charge is 0.266 e. The van der Waals surface area contributed by atoms with Crippen LogP contribution in [-0.4, -0.2) is 30.2 Å². The van der Waals surface area contributed by atoms with Crippen LogP contribution in [0.2, 0.25) is 10.0 Å². The lowest BCUT2D eigenvalue weighted by molar-refractivity contribution is -0.125. The molecule has 0 bridgehead atoms. The monoisotopic (exact) mass is 465 g/mol.